The van der Waals surface area contributed by atoms with Crippen molar-refractivity contribution in [3.05, 3.63) is 41.1 Å². The van der Waals surface area contributed by atoms with E-state index in [1.165, 1.54) is 19.3 Å². The molecule has 1 aliphatic rings. The number of aromatic nitrogens is 2. The fraction of sp³-hybridized carbons (Fsp3) is 0.560. The maximum Gasteiger partial charge on any atom is 0.229 e. The lowest BCUT2D eigenvalue weighted by Gasteiger charge is -2.34. The van der Waals surface area contributed by atoms with Crippen LogP contribution in [0.4, 0.5) is 17.5 Å². The van der Waals surface area contributed by atoms with E-state index in [4.69, 9.17) is 9.97 Å². The molecule has 2 heterocycles. The van der Waals surface area contributed by atoms with Crippen molar-refractivity contribution in [2.75, 3.05) is 29.9 Å². The van der Waals surface area contributed by atoms with Crippen LogP contribution < -0.4 is 15.5 Å². The van der Waals surface area contributed by atoms with Crippen LogP contribution in [0.1, 0.15) is 63.3 Å². The van der Waals surface area contributed by atoms with Crippen molar-refractivity contribution >= 4 is 17.5 Å². The van der Waals surface area contributed by atoms with Crippen molar-refractivity contribution in [2.24, 2.45) is 5.92 Å². The number of hydrogen-bond acceptors (Lipinski definition) is 6. The van der Waals surface area contributed by atoms with Crippen molar-refractivity contribution in [3.63, 3.8) is 0 Å². The Balaban J connectivity index is 1.77. The van der Waals surface area contributed by atoms with Gasteiger partial charge in [0, 0.05) is 36.6 Å². The molecule has 6 heteroatoms. The normalized spacial score (nSPS) is 16.4. The minimum absolute atomic E-state index is 0.504. The lowest BCUT2D eigenvalue weighted by molar-refractivity contribution is 0.404. The summed E-state index contributed by atoms with van der Waals surface area (Å²) in [6.07, 6.45) is 5.55. The highest BCUT2D eigenvalue weighted by atomic mass is 15.2. The molecule has 0 saturated carbocycles. The molecule has 1 saturated heterocycles. The second-order valence-corrected chi connectivity index (χ2v) is 8.98. The summed E-state index contributed by atoms with van der Waals surface area (Å²) in [7, 11) is 0. The average Bonchev–Trinajstić information content (AvgIpc) is 2.75. The first-order chi connectivity index (χ1) is 15.0. The Morgan fingerprint density at radius 1 is 1.26 bits per heavy atom. The standard InChI is InChI=1S/C25H36N6/c1-5-7-21-15-24(31-13-6-8-23(17-31)27-12-11-18(2)3)30-25(28-21)29-22-10-9-19(4)20(14-22)16-26/h9-10,14-15,18,23,27H,5-8,11-13,17H2,1-4H3,(H,28,29,30). The molecule has 2 aromatic rings. The van der Waals surface area contributed by atoms with E-state index < -0.39 is 0 Å². The van der Waals surface area contributed by atoms with Gasteiger partial charge in [-0.2, -0.15) is 10.2 Å². The predicted molar refractivity (Wildman–Crippen MR) is 128 cm³/mol. The van der Waals surface area contributed by atoms with Gasteiger partial charge in [-0.25, -0.2) is 4.98 Å². The molecule has 1 aromatic heterocycles. The third kappa shape index (κ3) is 6.67. The van der Waals surface area contributed by atoms with Gasteiger partial charge in [0.25, 0.3) is 0 Å². The Kier molecular flexibility index (Phi) is 8.25. The molecular formula is C25H36N6. The summed E-state index contributed by atoms with van der Waals surface area (Å²) in [6, 6.07) is 10.7. The van der Waals surface area contributed by atoms with Crippen LogP contribution in [0.3, 0.4) is 0 Å². The van der Waals surface area contributed by atoms with Crippen molar-refractivity contribution < 1.29 is 0 Å². The SMILES string of the molecule is CCCc1cc(N2CCCC(NCCC(C)C)C2)nc(Nc2ccc(C)c(C#N)c2)n1. The summed E-state index contributed by atoms with van der Waals surface area (Å²) < 4.78 is 0. The molecule has 1 unspecified atom stereocenters. The van der Waals surface area contributed by atoms with Crippen LogP contribution in [0, 0.1) is 24.2 Å². The first kappa shape index (κ1) is 23.0. The number of nitriles is 1. The molecule has 0 radical (unpaired) electrons. The number of nitrogens with zero attached hydrogens (tertiary/aromatic N) is 4. The van der Waals surface area contributed by atoms with Crippen molar-refractivity contribution in [1.29, 1.82) is 5.26 Å². The number of hydrogen-bond donors (Lipinski definition) is 2. The fourth-order valence-electron chi connectivity index (χ4n) is 3.96. The first-order valence-electron chi connectivity index (χ1n) is 11.6. The zero-order valence-corrected chi connectivity index (χ0v) is 19.4. The molecule has 3 rings (SSSR count). The average molecular weight is 421 g/mol. The number of piperidine rings is 1. The van der Waals surface area contributed by atoms with Gasteiger partial charge in [0.2, 0.25) is 5.95 Å². The van der Waals surface area contributed by atoms with Gasteiger partial charge in [-0.1, -0.05) is 33.3 Å². The van der Waals surface area contributed by atoms with Gasteiger partial charge in [-0.3, -0.25) is 0 Å². The second kappa shape index (κ2) is 11.1. The predicted octanol–water partition coefficient (Wildman–Crippen LogP) is 4.96. The van der Waals surface area contributed by atoms with Crippen molar-refractivity contribution in [1.82, 2.24) is 15.3 Å². The van der Waals surface area contributed by atoms with Crippen LogP contribution >= 0.6 is 0 Å². The van der Waals surface area contributed by atoms with E-state index in [1.54, 1.807) is 0 Å². The van der Waals surface area contributed by atoms with Crippen LogP contribution in [-0.2, 0) is 6.42 Å². The summed E-state index contributed by atoms with van der Waals surface area (Å²) >= 11 is 0. The van der Waals surface area contributed by atoms with Crippen LogP contribution in [0.2, 0.25) is 0 Å². The zero-order chi connectivity index (χ0) is 22.2. The first-order valence-corrected chi connectivity index (χ1v) is 11.6. The van der Waals surface area contributed by atoms with Gasteiger partial charge in [0.1, 0.15) is 5.82 Å². The molecule has 166 valence electrons. The monoisotopic (exact) mass is 420 g/mol. The summed E-state index contributed by atoms with van der Waals surface area (Å²) in [6.45, 7) is 11.7. The van der Waals surface area contributed by atoms with Crippen molar-refractivity contribution in [2.45, 2.75) is 65.8 Å². The van der Waals surface area contributed by atoms with Crippen LogP contribution in [0.15, 0.2) is 24.3 Å². The molecule has 31 heavy (non-hydrogen) atoms. The maximum atomic E-state index is 9.33. The summed E-state index contributed by atoms with van der Waals surface area (Å²) in [4.78, 5) is 12.0. The highest BCUT2D eigenvalue weighted by Crippen LogP contribution is 2.23. The van der Waals surface area contributed by atoms with E-state index in [0.717, 1.165) is 61.2 Å². The maximum absolute atomic E-state index is 9.33. The van der Waals surface area contributed by atoms with Crippen molar-refractivity contribution in [3.8, 4) is 6.07 Å². The lowest BCUT2D eigenvalue weighted by atomic mass is 10.0. The Bertz CT molecular complexity index is 901. The molecule has 1 fully saturated rings. The van der Waals surface area contributed by atoms with E-state index >= 15 is 0 Å². The molecule has 1 atom stereocenters. The number of aryl methyl sites for hydroxylation is 2. The smallest absolute Gasteiger partial charge is 0.229 e. The Labute approximate surface area is 187 Å². The third-order valence-corrected chi connectivity index (χ3v) is 5.79. The Morgan fingerprint density at radius 2 is 2.10 bits per heavy atom. The number of nitrogens with one attached hydrogen (secondary N) is 2. The molecule has 2 N–H and O–H groups in total. The van der Waals surface area contributed by atoms with Gasteiger partial charge < -0.3 is 15.5 Å². The van der Waals surface area contributed by atoms with Gasteiger partial charge in [0.05, 0.1) is 11.6 Å². The molecule has 1 aliphatic heterocycles. The molecule has 6 nitrogen and oxygen atoms in total. The van der Waals surface area contributed by atoms with Crippen LogP contribution in [0.5, 0.6) is 0 Å². The van der Waals surface area contributed by atoms with Crippen LogP contribution in [0.25, 0.3) is 0 Å². The quantitative estimate of drug-likeness (QED) is 0.597. The summed E-state index contributed by atoms with van der Waals surface area (Å²) in [5, 5.41) is 16.4. The zero-order valence-electron chi connectivity index (χ0n) is 19.4. The lowest BCUT2D eigenvalue weighted by Crippen LogP contribution is -2.46. The van der Waals surface area contributed by atoms with E-state index in [9.17, 15) is 5.26 Å². The second-order valence-electron chi connectivity index (χ2n) is 8.98. The molecule has 0 spiro atoms. The summed E-state index contributed by atoms with van der Waals surface area (Å²) in [5.74, 6) is 2.31. The largest absolute Gasteiger partial charge is 0.355 e. The van der Waals surface area contributed by atoms with Gasteiger partial charge in [-0.05, 0) is 62.8 Å². The fourth-order valence-corrected chi connectivity index (χ4v) is 3.96. The molecule has 0 bridgehead atoms. The van der Waals surface area contributed by atoms with E-state index in [1.807, 2.05) is 25.1 Å². The molecular weight excluding hydrogens is 384 g/mol. The Morgan fingerprint density at radius 3 is 2.84 bits per heavy atom. The minimum Gasteiger partial charge on any atom is -0.355 e. The highest BCUT2D eigenvalue weighted by Gasteiger charge is 2.21. The van der Waals surface area contributed by atoms with Crippen LogP contribution in [-0.4, -0.2) is 35.6 Å². The highest BCUT2D eigenvalue weighted by molar-refractivity contribution is 5.59. The number of anilines is 3. The van der Waals surface area contributed by atoms with E-state index in [-0.39, 0.29) is 0 Å². The molecule has 0 amide bonds. The topological polar surface area (TPSA) is 76.9 Å². The third-order valence-electron chi connectivity index (χ3n) is 5.79. The van der Waals surface area contributed by atoms with Gasteiger partial charge in [0.15, 0.2) is 0 Å². The van der Waals surface area contributed by atoms with E-state index in [0.29, 0.717) is 17.6 Å². The van der Waals surface area contributed by atoms with E-state index in [2.05, 4.69) is 48.4 Å². The summed E-state index contributed by atoms with van der Waals surface area (Å²) in [5.41, 5.74) is 3.53. The Hall–Kier alpha value is -2.65. The molecule has 0 aliphatic carbocycles. The molecule has 1 aromatic carbocycles. The van der Waals surface area contributed by atoms with Gasteiger partial charge >= 0.3 is 0 Å². The minimum atomic E-state index is 0.504. The van der Waals surface area contributed by atoms with Gasteiger partial charge in [-0.15, -0.1) is 0 Å². The number of rotatable bonds is 9. The number of benzene rings is 1.